The molecule has 0 N–H and O–H groups in total. The Morgan fingerprint density at radius 1 is 1.08 bits per heavy atom. The largest absolute Gasteiger partial charge is 0.379 e. The van der Waals surface area contributed by atoms with E-state index in [1.165, 1.54) is 0 Å². The lowest BCUT2D eigenvalue weighted by atomic mass is 10.1. The Morgan fingerprint density at radius 3 is 2.64 bits per heavy atom. The fourth-order valence-electron chi connectivity index (χ4n) is 3.53. The molecule has 1 fully saturated rings. The summed E-state index contributed by atoms with van der Waals surface area (Å²) in [6.45, 7) is 5.53. The number of para-hydroxylation sites is 1. The van der Waals surface area contributed by atoms with Gasteiger partial charge >= 0.3 is 0 Å². The van der Waals surface area contributed by atoms with E-state index in [0.29, 0.717) is 0 Å². The average Bonchev–Trinajstić information content (AvgIpc) is 3.13. The first kappa shape index (κ1) is 16.2. The first-order valence-electron chi connectivity index (χ1n) is 8.90. The molecule has 25 heavy (non-hydrogen) atoms. The maximum absolute atomic E-state index is 5.53. The highest BCUT2D eigenvalue weighted by Crippen LogP contribution is 2.36. The van der Waals surface area contributed by atoms with E-state index in [0.717, 1.165) is 49.7 Å². The molecule has 0 saturated carbocycles. The number of benzene rings is 1. The summed E-state index contributed by atoms with van der Waals surface area (Å²) in [7, 11) is 0. The molecule has 2 atom stereocenters. The number of nitrogens with zero attached hydrogens (tertiary/aromatic N) is 5. The summed E-state index contributed by atoms with van der Waals surface area (Å²) in [5.74, 6) is 0. The van der Waals surface area contributed by atoms with Gasteiger partial charge in [-0.1, -0.05) is 36.4 Å². The van der Waals surface area contributed by atoms with Gasteiger partial charge in [-0.2, -0.15) is 5.11 Å². The third-order valence-corrected chi connectivity index (χ3v) is 4.82. The van der Waals surface area contributed by atoms with Gasteiger partial charge in [-0.3, -0.25) is 9.88 Å². The molecule has 2 aliphatic heterocycles. The first-order valence-corrected chi connectivity index (χ1v) is 8.90. The lowest BCUT2D eigenvalue weighted by molar-refractivity contribution is 0.0140. The summed E-state index contributed by atoms with van der Waals surface area (Å²) >= 11 is 0. The van der Waals surface area contributed by atoms with Gasteiger partial charge in [-0.25, -0.2) is 5.01 Å². The zero-order valence-electron chi connectivity index (χ0n) is 14.5. The van der Waals surface area contributed by atoms with Gasteiger partial charge in [-0.15, -0.1) is 0 Å². The Labute approximate surface area is 148 Å². The predicted molar refractivity (Wildman–Crippen MR) is 97.3 cm³/mol. The Morgan fingerprint density at radius 2 is 1.88 bits per heavy atom. The lowest BCUT2D eigenvalue weighted by Gasteiger charge is -2.38. The van der Waals surface area contributed by atoms with Crippen LogP contribution >= 0.6 is 0 Å². The minimum atomic E-state index is 0.138. The molecule has 2 aromatic rings. The Hall–Kier alpha value is -2.31. The van der Waals surface area contributed by atoms with E-state index in [-0.39, 0.29) is 12.2 Å². The van der Waals surface area contributed by atoms with Crippen molar-refractivity contribution in [2.24, 2.45) is 10.3 Å². The fraction of sp³-hybridized carbons (Fsp3) is 0.421. The van der Waals surface area contributed by atoms with Crippen LogP contribution in [0.3, 0.4) is 0 Å². The number of pyridine rings is 1. The number of rotatable bonds is 4. The molecule has 1 saturated heterocycles. The molecular weight excluding hydrogens is 314 g/mol. The maximum atomic E-state index is 5.53. The summed E-state index contributed by atoms with van der Waals surface area (Å²) in [6, 6.07) is 14.5. The van der Waals surface area contributed by atoms with E-state index in [2.05, 4.69) is 44.3 Å². The Bertz CT molecular complexity index is 730. The number of aromatic nitrogens is 1. The van der Waals surface area contributed by atoms with Crippen LogP contribution in [0.2, 0.25) is 0 Å². The van der Waals surface area contributed by atoms with Crippen LogP contribution in [-0.2, 0) is 4.74 Å². The van der Waals surface area contributed by atoms with Gasteiger partial charge in [0, 0.05) is 24.8 Å². The molecule has 0 bridgehead atoms. The van der Waals surface area contributed by atoms with E-state index in [1.54, 1.807) is 0 Å². The molecular formula is C19H23N5O. The van der Waals surface area contributed by atoms with Crippen LogP contribution in [0.25, 0.3) is 11.3 Å². The van der Waals surface area contributed by atoms with E-state index >= 15 is 0 Å². The number of morpholine rings is 1. The van der Waals surface area contributed by atoms with Crippen LogP contribution in [0, 0.1) is 0 Å². The van der Waals surface area contributed by atoms with Gasteiger partial charge in [0.25, 0.3) is 0 Å². The van der Waals surface area contributed by atoms with E-state index in [4.69, 9.17) is 4.74 Å². The number of hydrogen-bond acceptors (Lipinski definition) is 6. The second kappa shape index (κ2) is 7.29. The van der Waals surface area contributed by atoms with Gasteiger partial charge in [0.2, 0.25) is 0 Å². The Balaban J connectivity index is 1.72. The van der Waals surface area contributed by atoms with Crippen molar-refractivity contribution >= 4 is 5.69 Å². The van der Waals surface area contributed by atoms with Crippen molar-refractivity contribution in [2.75, 3.05) is 31.3 Å². The molecule has 0 amide bonds. The topological polar surface area (TPSA) is 53.3 Å². The minimum absolute atomic E-state index is 0.138. The van der Waals surface area contributed by atoms with Gasteiger partial charge in [-0.05, 0) is 24.6 Å². The molecule has 2 aliphatic rings. The lowest BCUT2D eigenvalue weighted by Crippen LogP contribution is -2.53. The summed E-state index contributed by atoms with van der Waals surface area (Å²) in [5, 5.41) is 11.2. The highest BCUT2D eigenvalue weighted by molar-refractivity contribution is 5.76. The third-order valence-electron chi connectivity index (χ3n) is 4.82. The van der Waals surface area contributed by atoms with Crippen LogP contribution < -0.4 is 5.01 Å². The van der Waals surface area contributed by atoms with Crippen LogP contribution in [0.1, 0.15) is 13.3 Å². The van der Waals surface area contributed by atoms with Crippen LogP contribution in [0.15, 0.2) is 59.0 Å². The van der Waals surface area contributed by atoms with Crippen molar-refractivity contribution in [3.63, 3.8) is 0 Å². The first-order chi connectivity index (χ1) is 12.4. The van der Waals surface area contributed by atoms with E-state index in [9.17, 15) is 0 Å². The quantitative estimate of drug-likeness (QED) is 0.858. The van der Waals surface area contributed by atoms with E-state index in [1.807, 2.05) is 36.5 Å². The van der Waals surface area contributed by atoms with Crippen molar-refractivity contribution in [1.82, 2.24) is 9.88 Å². The SMILES string of the molecule is CC[C@@H]1N=NN(c2ccccc2-c2ccccn2)[C@H]1N1CCOCC1. The molecule has 3 heterocycles. The Kier molecular flexibility index (Phi) is 4.72. The highest BCUT2D eigenvalue weighted by Gasteiger charge is 2.38. The molecule has 1 aromatic heterocycles. The normalized spacial score (nSPS) is 24.0. The molecule has 0 spiro atoms. The molecule has 4 rings (SSSR count). The second-order valence-corrected chi connectivity index (χ2v) is 6.32. The summed E-state index contributed by atoms with van der Waals surface area (Å²) in [6.07, 6.45) is 2.93. The van der Waals surface area contributed by atoms with Crippen molar-refractivity contribution in [1.29, 1.82) is 0 Å². The number of ether oxygens (including phenoxy) is 1. The maximum Gasteiger partial charge on any atom is 0.131 e. The summed E-state index contributed by atoms with van der Waals surface area (Å²) in [4.78, 5) is 6.96. The zero-order chi connectivity index (χ0) is 17.1. The van der Waals surface area contributed by atoms with Crippen molar-refractivity contribution in [3.05, 3.63) is 48.7 Å². The standard InChI is InChI=1S/C19H23N5O/c1-2-16-19(23-11-13-25-14-12-23)24(22-21-16)18-9-4-3-7-15(18)17-8-5-6-10-20-17/h3-10,16,19H,2,11-14H2,1H3/t16-,19+/m0/s1. The summed E-state index contributed by atoms with van der Waals surface area (Å²) < 4.78 is 5.53. The molecule has 130 valence electrons. The summed E-state index contributed by atoms with van der Waals surface area (Å²) in [5.41, 5.74) is 3.09. The predicted octanol–water partition coefficient (Wildman–Crippen LogP) is 3.37. The van der Waals surface area contributed by atoms with Crippen LogP contribution in [-0.4, -0.2) is 48.4 Å². The zero-order valence-corrected chi connectivity index (χ0v) is 14.5. The molecule has 6 heteroatoms. The minimum Gasteiger partial charge on any atom is -0.379 e. The van der Waals surface area contributed by atoms with Gasteiger partial charge in [0.15, 0.2) is 0 Å². The van der Waals surface area contributed by atoms with Crippen LogP contribution in [0.5, 0.6) is 0 Å². The van der Waals surface area contributed by atoms with Gasteiger partial charge in [0.05, 0.1) is 24.6 Å². The van der Waals surface area contributed by atoms with Crippen LogP contribution in [0.4, 0.5) is 5.69 Å². The highest BCUT2D eigenvalue weighted by atomic mass is 16.5. The number of hydrogen-bond donors (Lipinski definition) is 0. The van der Waals surface area contributed by atoms with E-state index < -0.39 is 0 Å². The molecule has 0 unspecified atom stereocenters. The molecule has 0 aliphatic carbocycles. The molecule has 0 radical (unpaired) electrons. The smallest absolute Gasteiger partial charge is 0.131 e. The average molecular weight is 337 g/mol. The second-order valence-electron chi connectivity index (χ2n) is 6.32. The van der Waals surface area contributed by atoms with Crippen molar-refractivity contribution < 1.29 is 4.74 Å². The van der Waals surface area contributed by atoms with Crippen molar-refractivity contribution in [2.45, 2.75) is 25.6 Å². The molecule has 6 nitrogen and oxygen atoms in total. The number of anilines is 1. The van der Waals surface area contributed by atoms with Gasteiger partial charge in [0.1, 0.15) is 12.2 Å². The third kappa shape index (κ3) is 3.15. The monoisotopic (exact) mass is 337 g/mol. The fourth-order valence-corrected chi connectivity index (χ4v) is 3.53. The van der Waals surface area contributed by atoms with Gasteiger partial charge < -0.3 is 4.74 Å². The van der Waals surface area contributed by atoms with Crippen molar-refractivity contribution in [3.8, 4) is 11.3 Å². The molecule has 1 aromatic carbocycles.